The minimum atomic E-state index is -0.140. The molecule has 0 unspecified atom stereocenters. The van der Waals surface area contributed by atoms with Gasteiger partial charge in [-0.15, -0.1) is 11.6 Å². The summed E-state index contributed by atoms with van der Waals surface area (Å²) in [5.74, 6) is 0.529. The first-order valence-corrected chi connectivity index (χ1v) is 7.85. The summed E-state index contributed by atoms with van der Waals surface area (Å²) < 4.78 is 7.18. The van der Waals surface area contributed by atoms with Gasteiger partial charge in [0, 0.05) is 29.1 Å². The lowest BCUT2D eigenvalue weighted by Gasteiger charge is -2.48. The van der Waals surface area contributed by atoms with Crippen LogP contribution in [0.4, 0.5) is 5.69 Å². The standard InChI is InChI=1S/C15H21BrClNO/c1-14(2)9-18(10-15(3,4)19-14)12-6-5-11(8-17)13(16)7-12/h5-7H,8-10H2,1-4H3. The Balaban J connectivity index is 2.28. The van der Waals surface area contributed by atoms with Gasteiger partial charge in [-0.2, -0.15) is 0 Å². The average molecular weight is 347 g/mol. The maximum Gasteiger partial charge on any atom is 0.0808 e. The molecule has 0 bridgehead atoms. The van der Waals surface area contributed by atoms with Gasteiger partial charge in [-0.1, -0.05) is 22.0 Å². The summed E-state index contributed by atoms with van der Waals surface area (Å²) in [6.45, 7) is 10.4. The molecule has 106 valence electrons. The molecule has 0 spiro atoms. The molecule has 1 aromatic rings. The number of alkyl halides is 1. The number of rotatable bonds is 2. The van der Waals surface area contributed by atoms with Crippen molar-refractivity contribution in [2.45, 2.75) is 44.8 Å². The number of halogens is 2. The van der Waals surface area contributed by atoms with E-state index in [9.17, 15) is 0 Å². The van der Waals surface area contributed by atoms with Crippen LogP contribution >= 0.6 is 27.5 Å². The van der Waals surface area contributed by atoms with Crippen molar-refractivity contribution in [1.82, 2.24) is 0 Å². The lowest BCUT2D eigenvalue weighted by atomic mass is 9.98. The lowest BCUT2D eigenvalue weighted by molar-refractivity contribution is -0.133. The van der Waals surface area contributed by atoms with Crippen molar-refractivity contribution < 1.29 is 4.74 Å². The van der Waals surface area contributed by atoms with Gasteiger partial charge in [0.1, 0.15) is 0 Å². The fraction of sp³-hybridized carbons (Fsp3) is 0.600. The summed E-state index contributed by atoms with van der Waals surface area (Å²) in [4.78, 5) is 2.38. The zero-order valence-corrected chi connectivity index (χ0v) is 14.3. The van der Waals surface area contributed by atoms with Gasteiger partial charge in [0.15, 0.2) is 0 Å². The Morgan fingerprint density at radius 2 is 1.79 bits per heavy atom. The molecule has 1 heterocycles. The number of nitrogens with zero attached hydrogens (tertiary/aromatic N) is 1. The molecule has 4 heteroatoms. The van der Waals surface area contributed by atoms with E-state index in [1.165, 1.54) is 5.69 Å². The molecule has 0 amide bonds. The van der Waals surface area contributed by atoms with Crippen LogP contribution in [0.5, 0.6) is 0 Å². The van der Waals surface area contributed by atoms with Gasteiger partial charge in [0.05, 0.1) is 11.2 Å². The van der Waals surface area contributed by atoms with Crippen molar-refractivity contribution in [3.63, 3.8) is 0 Å². The van der Waals surface area contributed by atoms with E-state index in [1.54, 1.807) is 0 Å². The molecular formula is C15H21BrClNO. The van der Waals surface area contributed by atoms with Crippen LogP contribution in [0.3, 0.4) is 0 Å². The number of morpholine rings is 1. The van der Waals surface area contributed by atoms with Gasteiger partial charge in [-0.05, 0) is 45.4 Å². The summed E-state index contributed by atoms with van der Waals surface area (Å²) in [6.07, 6.45) is 0. The van der Waals surface area contributed by atoms with Crippen molar-refractivity contribution in [3.05, 3.63) is 28.2 Å². The molecule has 1 aliphatic heterocycles. The quantitative estimate of drug-likeness (QED) is 0.727. The van der Waals surface area contributed by atoms with Crippen LogP contribution in [-0.4, -0.2) is 24.3 Å². The second-order valence-corrected chi connectivity index (χ2v) is 7.51. The van der Waals surface area contributed by atoms with Crippen LogP contribution in [0.15, 0.2) is 22.7 Å². The fourth-order valence-electron chi connectivity index (χ4n) is 2.81. The molecule has 1 fully saturated rings. The predicted octanol–water partition coefficient (Wildman–Crippen LogP) is 4.58. The predicted molar refractivity (Wildman–Crippen MR) is 85.2 cm³/mol. The first-order chi connectivity index (χ1) is 8.72. The lowest BCUT2D eigenvalue weighted by Crippen LogP contribution is -2.57. The number of hydrogen-bond donors (Lipinski definition) is 0. The molecule has 2 rings (SSSR count). The number of anilines is 1. The van der Waals surface area contributed by atoms with E-state index < -0.39 is 0 Å². The van der Waals surface area contributed by atoms with E-state index in [1.807, 2.05) is 0 Å². The highest BCUT2D eigenvalue weighted by molar-refractivity contribution is 9.10. The number of benzene rings is 1. The Morgan fingerprint density at radius 3 is 2.26 bits per heavy atom. The van der Waals surface area contributed by atoms with Crippen molar-refractivity contribution in [1.29, 1.82) is 0 Å². The van der Waals surface area contributed by atoms with Crippen molar-refractivity contribution in [2.75, 3.05) is 18.0 Å². The molecule has 0 N–H and O–H groups in total. The topological polar surface area (TPSA) is 12.5 Å². The molecule has 0 atom stereocenters. The zero-order chi connectivity index (χ0) is 14.3. The van der Waals surface area contributed by atoms with Gasteiger partial charge in [0.2, 0.25) is 0 Å². The van der Waals surface area contributed by atoms with Gasteiger partial charge >= 0.3 is 0 Å². The Bertz CT molecular complexity index is 457. The third-order valence-electron chi connectivity index (χ3n) is 3.24. The van der Waals surface area contributed by atoms with Crippen LogP contribution in [0.25, 0.3) is 0 Å². The zero-order valence-electron chi connectivity index (χ0n) is 12.0. The number of hydrogen-bond acceptors (Lipinski definition) is 2. The van der Waals surface area contributed by atoms with Gasteiger partial charge in [-0.25, -0.2) is 0 Å². The first-order valence-electron chi connectivity index (χ1n) is 6.52. The highest BCUT2D eigenvalue weighted by atomic mass is 79.9. The van der Waals surface area contributed by atoms with Crippen LogP contribution in [0, 0.1) is 0 Å². The fourth-order valence-corrected chi connectivity index (χ4v) is 3.71. The van der Waals surface area contributed by atoms with E-state index in [-0.39, 0.29) is 11.2 Å². The number of ether oxygens (including phenoxy) is 1. The normalized spacial score (nSPS) is 21.5. The third kappa shape index (κ3) is 3.65. The maximum atomic E-state index is 6.11. The Morgan fingerprint density at radius 1 is 1.21 bits per heavy atom. The van der Waals surface area contributed by atoms with E-state index in [0.717, 1.165) is 23.1 Å². The van der Waals surface area contributed by atoms with Crippen LogP contribution in [0.1, 0.15) is 33.3 Å². The van der Waals surface area contributed by atoms with E-state index in [2.05, 4.69) is 66.7 Å². The Kier molecular flexibility index (Phi) is 4.20. The minimum absolute atomic E-state index is 0.140. The molecule has 2 nitrogen and oxygen atoms in total. The molecule has 1 aromatic carbocycles. The van der Waals surface area contributed by atoms with E-state index >= 15 is 0 Å². The van der Waals surface area contributed by atoms with Crippen LogP contribution in [0.2, 0.25) is 0 Å². The molecule has 0 saturated carbocycles. The smallest absolute Gasteiger partial charge is 0.0808 e. The minimum Gasteiger partial charge on any atom is -0.366 e. The average Bonchev–Trinajstić information content (AvgIpc) is 2.24. The molecular weight excluding hydrogens is 326 g/mol. The Labute approximate surface area is 129 Å². The molecule has 1 saturated heterocycles. The van der Waals surface area contributed by atoms with E-state index in [0.29, 0.717) is 5.88 Å². The highest BCUT2D eigenvalue weighted by Crippen LogP contribution is 2.33. The van der Waals surface area contributed by atoms with Gasteiger partial charge in [-0.3, -0.25) is 0 Å². The summed E-state index contributed by atoms with van der Waals surface area (Å²) in [6, 6.07) is 6.37. The Hall–Kier alpha value is -0.250. The molecule has 0 aliphatic carbocycles. The molecule has 0 radical (unpaired) electrons. The van der Waals surface area contributed by atoms with Crippen LogP contribution in [-0.2, 0) is 10.6 Å². The maximum absolute atomic E-state index is 6.11. The monoisotopic (exact) mass is 345 g/mol. The second-order valence-electron chi connectivity index (χ2n) is 6.39. The first kappa shape index (κ1) is 15.1. The van der Waals surface area contributed by atoms with Gasteiger partial charge < -0.3 is 9.64 Å². The molecule has 1 aliphatic rings. The second kappa shape index (κ2) is 5.27. The van der Waals surface area contributed by atoms with Crippen molar-refractivity contribution >= 4 is 33.2 Å². The van der Waals surface area contributed by atoms with Crippen molar-refractivity contribution in [3.8, 4) is 0 Å². The summed E-state index contributed by atoms with van der Waals surface area (Å²) in [5.41, 5.74) is 2.06. The van der Waals surface area contributed by atoms with Crippen molar-refractivity contribution in [2.24, 2.45) is 0 Å². The summed E-state index contributed by atoms with van der Waals surface area (Å²) in [7, 11) is 0. The molecule has 0 aromatic heterocycles. The third-order valence-corrected chi connectivity index (χ3v) is 4.27. The highest BCUT2D eigenvalue weighted by Gasteiger charge is 2.38. The SMILES string of the molecule is CC1(C)CN(c2ccc(CCl)c(Br)c2)CC(C)(C)O1. The summed E-state index contributed by atoms with van der Waals surface area (Å²) >= 11 is 9.49. The van der Waals surface area contributed by atoms with E-state index in [4.69, 9.17) is 16.3 Å². The van der Waals surface area contributed by atoms with Gasteiger partial charge in [0.25, 0.3) is 0 Å². The largest absolute Gasteiger partial charge is 0.366 e. The summed E-state index contributed by atoms with van der Waals surface area (Å²) in [5, 5.41) is 0. The van der Waals surface area contributed by atoms with Crippen LogP contribution < -0.4 is 4.90 Å². The molecule has 19 heavy (non-hydrogen) atoms.